The van der Waals surface area contributed by atoms with E-state index in [2.05, 4.69) is 35.5 Å². The van der Waals surface area contributed by atoms with E-state index in [9.17, 15) is 0 Å². The van der Waals surface area contributed by atoms with Gasteiger partial charge in [-0.1, -0.05) is 13.8 Å². The molecular formula is C20H33N3O2S. The molecule has 2 aliphatic rings. The number of hydrogen-bond donors (Lipinski definition) is 2. The lowest BCUT2D eigenvalue weighted by molar-refractivity contribution is 0.0420. The predicted molar refractivity (Wildman–Crippen MR) is 108 cm³/mol. The molecule has 0 amide bonds. The van der Waals surface area contributed by atoms with Gasteiger partial charge in [-0.25, -0.2) is 0 Å². The van der Waals surface area contributed by atoms with Gasteiger partial charge in [-0.3, -0.25) is 4.99 Å². The highest BCUT2D eigenvalue weighted by molar-refractivity contribution is 7.12. The summed E-state index contributed by atoms with van der Waals surface area (Å²) >= 11 is 1.96. The number of nitrogens with zero attached hydrogens (tertiary/aromatic N) is 1. The Kier molecular flexibility index (Phi) is 6.95. The van der Waals surface area contributed by atoms with Crippen molar-refractivity contribution in [2.24, 2.45) is 10.4 Å². The van der Waals surface area contributed by atoms with Gasteiger partial charge in [-0.05, 0) is 49.1 Å². The van der Waals surface area contributed by atoms with Crippen LogP contribution >= 0.6 is 11.3 Å². The van der Waals surface area contributed by atoms with Gasteiger partial charge in [0.2, 0.25) is 0 Å². The average Bonchev–Trinajstić information content (AvgIpc) is 3.25. The number of fused-ring (bicyclic) bond motifs is 1. The second-order valence-corrected chi connectivity index (χ2v) is 9.29. The van der Waals surface area contributed by atoms with E-state index in [1.165, 1.54) is 24.1 Å². The molecule has 6 heteroatoms. The highest BCUT2D eigenvalue weighted by atomic mass is 32.1. The van der Waals surface area contributed by atoms with Crippen LogP contribution in [0.2, 0.25) is 0 Å². The summed E-state index contributed by atoms with van der Waals surface area (Å²) in [5.41, 5.74) is 2.00. The van der Waals surface area contributed by atoms with E-state index in [1.807, 2.05) is 18.4 Å². The first-order valence-corrected chi connectivity index (χ1v) is 10.6. The minimum absolute atomic E-state index is 0.294. The molecule has 0 aromatic carbocycles. The second kappa shape index (κ2) is 9.20. The Morgan fingerprint density at radius 3 is 3.08 bits per heavy atom. The largest absolute Gasteiger partial charge is 0.379 e. The summed E-state index contributed by atoms with van der Waals surface area (Å²) in [4.78, 5) is 7.31. The minimum Gasteiger partial charge on any atom is -0.379 e. The normalized spacial score (nSPS) is 22.3. The molecule has 1 saturated heterocycles. The summed E-state index contributed by atoms with van der Waals surface area (Å²) < 4.78 is 11.1. The summed E-state index contributed by atoms with van der Waals surface area (Å²) in [7, 11) is 1.82. The van der Waals surface area contributed by atoms with Crippen molar-refractivity contribution in [1.29, 1.82) is 0 Å². The summed E-state index contributed by atoms with van der Waals surface area (Å²) in [5, 5.41) is 6.81. The third kappa shape index (κ3) is 5.69. The SMILES string of the molecule is CN=C(NCCCOC1CCOC1)NCc1cc2c(s1)CCC(C)(C)C2. The molecule has 2 heterocycles. The number of guanidine groups is 1. The molecule has 1 aliphatic heterocycles. The maximum atomic E-state index is 5.79. The van der Waals surface area contributed by atoms with Gasteiger partial charge in [0, 0.05) is 36.6 Å². The Bertz CT molecular complexity index is 606. The summed E-state index contributed by atoms with van der Waals surface area (Å²) in [6, 6.07) is 2.39. The molecule has 26 heavy (non-hydrogen) atoms. The molecule has 1 fully saturated rings. The van der Waals surface area contributed by atoms with Crippen molar-refractivity contribution in [1.82, 2.24) is 10.6 Å². The van der Waals surface area contributed by atoms with E-state index >= 15 is 0 Å². The van der Waals surface area contributed by atoms with Gasteiger partial charge in [0.1, 0.15) is 0 Å². The van der Waals surface area contributed by atoms with Gasteiger partial charge in [-0.2, -0.15) is 0 Å². The highest BCUT2D eigenvalue weighted by Crippen LogP contribution is 2.38. The maximum Gasteiger partial charge on any atom is 0.191 e. The fourth-order valence-corrected chi connectivity index (χ4v) is 4.73. The fraction of sp³-hybridized carbons (Fsp3) is 0.750. The quantitative estimate of drug-likeness (QED) is 0.434. The maximum absolute atomic E-state index is 5.79. The molecule has 1 unspecified atom stereocenters. The van der Waals surface area contributed by atoms with Gasteiger partial charge in [0.15, 0.2) is 5.96 Å². The van der Waals surface area contributed by atoms with Gasteiger partial charge in [-0.15, -0.1) is 11.3 Å². The van der Waals surface area contributed by atoms with Gasteiger partial charge in [0.25, 0.3) is 0 Å². The first kappa shape index (κ1) is 19.6. The van der Waals surface area contributed by atoms with Crippen molar-refractivity contribution in [3.05, 3.63) is 21.4 Å². The van der Waals surface area contributed by atoms with Crippen LogP contribution in [-0.2, 0) is 28.9 Å². The molecule has 1 atom stereocenters. The van der Waals surface area contributed by atoms with Crippen molar-refractivity contribution >= 4 is 17.3 Å². The van der Waals surface area contributed by atoms with Gasteiger partial charge < -0.3 is 20.1 Å². The van der Waals surface area contributed by atoms with Crippen LogP contribution in [0.1, 0.15) is 48.4 Å². The molecule has 1 aromatic rings. The zero-order chi connectivity index (χ0) is 18.4. The van der Waals surface area contributed by atoms with Crippen molar-refractivity contribution in [2.75, 3.05) is 33.4 Å². The standard InChI is InChI=1S/C20H33N3O2S/c1-20(2)7-5-18-15(12-20)11-17(26-18)13-23-19(21-3)22-8-4-9-25-16-6-10-24-14-16/h11,16H,4-10,12-14H2,1-3H3,(H2,21,22,23). The fourth-order valence-electron chi connectivity index (χ4n) is 3.60. The molecule has 2 N–H and O–H groups in total. The predicted octanol–water partition coefficient (Wildman–Crippen LogP) is 3.12. The summed E-state index contributed by atoms with van der Waals surface area (Å²) in [6.07, 6.45) is 6.02. The minimum atomic E-state index is 0.294. The monoisotopic (exact) mass is 379 g/mol. The highest BCUT2D eigenvalue weighted by Gasteiger charge is 2.26. The smallest absolute Gasteiger partial charge is 0.191 e. The summed E-state index contributed by atoms with van der Waals surface area (Å²) in [6.45, 7) is 8.81. The molecule has 3 rings (SSSR count). The van der Waals surface area contributed by atoms with E-state index in [4.69, 9.17) is 9.47 Å². The molecule has 0 radical (unpaired) electrons. The zero-order valence-corrected chi connectivity index (χ0v) is 17.2. The molecule has 146 valence electrons. The van der Waals surface area contributed by atoms with Crippen molar-refractivity contribution < 1.29 is 9.47 Å². The van der Waals surface area contributed by atoms with Crippen LogP contribution in [0, 0.1) is 5.41 Å². The van der Waals surface area contributed by atoms with Crippen LogP contribution in [0.5, 0.6) is 0 Å². The lowest BCUT2D eigenvalue weighted by Crippen LogP contribution is -2.37. The van der Waals surface area contributed by atoms with Crippen LogP contribution in [-0.4, -0.2) is 45.5 Å². The Balaban J connectivity index is 1.36. The van der Waals surface area contributed by atoms with Crippen molar-refractivity contribution in [2.45, 2.75) is 58.6 Å². The number of hydrogen-bond acceptors (Lipinski definition) is 4. The van der Waals surface area contributed by atoms with Crippen LogP contribution in [0.25, 0.3) is 0 Å². The number of aryl methyl sites for hydroxylation is 1. The Hall–Kier alpha value is -1.11. The molecule has 1 aliphatic carbocycles. The number of nitrogens with one attached hydrogen (secondary N) is 2. The average molecular weight is 380 g/mol. The third-order valence-corrected chi connectivity index (χ3v) is 6.39. The van der Waals surface area contributed by atoms with Crippen LogP contribution in [0.4, 0.5) is 0 Å². The Labute approximate surface area is 161 Å². The van der Waals surface area contributed by atoms with Crippen LogP contribution in [0.3, 0.4) is 0 Å². The Morgan fingerprint density at radius 2 is 2.31 bits per heavy atom. The second-order valence-electron chi connectivity index (χ2n) is 8.06. The molecular weight excluding hydrogens is 346 g/mol. The van der Waals surface area contributed by atoms with Gasteiger partial charge >= 0.3 is 0 Å². The van der Waals surface area contributed by atoms with Crippen LogP contribution in [0.15, 0.2) is 11.1 Å². The van der Waals surface area contributed by atoms with E-state index < -0.39 is 0 Å². The molecule has 1 aromatic heterocycles. The molecule has 5 nitrogen and oxygen atoms in total. The van der Waals surface area contributed by atoms with E-state index in [0.717, 1.165) is 51.7 Å². The molecule has 0 spiro atoms. The lowest BCUT2D eigenvalue weighted by atomic mass is 9.77. The first-order valence-electron chi connectivity index (χ1n) is 9.80. The molecule has 0 saturated carbocycles. The topological polar surface area (TPSA) is 54.9 Å². The summed E-state index contributed by atoms with van der Waals surface area (Å²) in [5.74, 6) is 0.862. The van der Waals surface area contributed by atoms with E-state index in [1.54, 1.807) is 10.4 Å². The number of thiophene rings is 1. The first-order chi connectivity index (χ1) is 12.6. The number of aliphatic imine (C=N–C) groups is 1. The zero-order valence-electron chi connectivity index (χ0n) is 16.4. The lowest BCUT2D eigenvalue weighted by Gasteiger charge is -2.29. The van der Waals surface area contributed by atoms with E-state index in [0.29, 0.717) is 11.5 Å². The number of ether oxygens (including phenoxy) is 2. The van der Waals surface area contributed by atoms with Crippen molar-refractivity contribution in [3.63, 3.8) is 0 Å². The number of rotatable bonds is 7. The van der Waals surface area contributed by atoms with E-state index in [-0.39, 0.29) is 0 Å². The third-order valence-electron chi connectivity index (χ3n) is 5.15. The molecule has 0 bridgehead atoms. The van der Waals surface area contributed by atoms with Crippen LogP contribution < -0.4 is 10.6 Å². The Morgan fingerprint density at radius 1 is 1.42 bits per heavy atom. The van der Waals surface area contributed by atoms with Gasteiger partial charge in [0.05, 0.1) is 19.3 Å². The van der Waals surface area contributed by atoms with Crippen molar-refractivity contribution in [3.8, 4) is 0 Å².